The Balaban J connectivity index is 3.03. The lowest BCUT2D eigenvalue weighted by atomic mass is 10.1. The molecule has 2 heteroatoms. The third-order valence-electron chi connectivity index (χ3n) is 1.36. The molecule has 0 aromatic heterocycles. The second-order valence-corrected chi connectivity index (χ2v) is 2.14. The van der Waals surface area contributed by atoms with Gasteiger partial charge in [-0.3, -0.25) is 5.41 Å². The highest BCUT2D eigenvalue weighted by atomic mass is 14.7. The Labute approximate surface area is 65.6 Å². The lowest BCUT2D eigenvalue weighted by molar-refractivity contribution is 1.42. The van der Waals surface area contributed by atoms with Crippen molar-refractivity contribution in [3.8, 4) is 12.3 Å². The van der Waals surface area contributed by atoms with Gasteiger partial charge in [-0.1, -0.05) is 18.1 Å². The number of hydrogen-bond donors (Lipinski definition) is 2. The molecular formula is C9H8N2. The summed E-state index contributed by atoms with van der Waals surface area (Å²) in [5.74, 6) is 2.55. The van der Waals surface area contributed by atoms with Gasteiger partial charge in [-0.2, -0.15) is 0 Å². The van der Waals surface area contributed by atoms with Crippen molar-refractivity contribution in [3.63, 3.8) is 0 Å². The van der Waals surface area contributed by atoms with Gasteiger partial charge in [0, 0.05) is 11.1 Å². The zero-order valence-electron chi connectivity index (χ0n) is 5.96. The molecule has 0 saturated carbocycles. The molecule has 1 aromatic carbocycles. The Morgan fingerprint density at radius 2 is 1.91 bits per heavy atom. The quantitative estimate of drug-likeness (QED) is 0.344. The summed E-state index contributed by atoms with van der Waals surface area (Å²) in [6.07, 6.45) is 5.14. The number of hydrogen-bond acceptors (Lipinski definition) is 1. The zero-order valence-corrected chi connectivity index (χ0v) is 5.96. The Bertz CT molecular complexity index is 303. The number of amidine groups is 1. The van der Waals surface area contributed by atoms with Crippen LogP contribution >= 0.6 is 0 Å². The van der Waals surface area contributed by atoms with Gasteiger partial charge in [0.15, 0.2) is 0 Å². The summed E-state index contributed by atoms with van der Waals surface area (Å²) in [5.41, 5.74) is 6.74. The first-order chi connectivity index (χ1) is 5.24. The molecule has 0 bridgehead atoms. The van der Waals surface area contributed by atoms with Crippen LogP contribution < -0.4 is 5.73 Å². The molecule has 0 atom stereocenters. The van der Waals surface area contributed by atoms with Crippen molar-refractivity contribution in [2.75, 3.05) is 0 Å². The minimum Gasteiger partial charge on any atom is -0.384 e. The fourth-order valence-electron chi connectivity index (χ4n) is 0.746. The molecule has 3 N–H and O–H groups in total. The van der Waals surface area contributed by atoms with E-state index in [1.54, 1.807) is 24.3 Å². The number of nitrogen functional groups attached to an aromatic ring is 1. The third kappa shape index (κ3) is 1.59. The van der Waals surface area contributed by atoms with Crippen LogP contribution in [0.1, 0.15) is 11.1 Å². The summed E-state index contributed by atoms with van der Waals surface area (Å²) >= 11 is 0. The highest BCUT2D eigenvalue weighted by molar-refractivity contribution is 5.94. The molecule has 11 heavy (non-hydrogen) atoms. The first-order valence-electron chi connectivity index (χ1n) is 3.15. The van der Waals surface area contributed by atoms with E-state index in [4.69, 9.17) is 17.6 Å². The van der Waals surface area contributed by atoms with Crippen molar-refractivity contribution >= 4 is 5.84 Å². The molecular weight excluding hydrogens is 136 g/mol. The van der Waals surface area contributed by atoms with Gasteiger partial charge >= 0.3 is 0 Å². The molecule has 0 aliphatic rings. The van der Waals surface area contributed by atoms with E-state index < -0.39 is 0 Å². The van der Waals surface area contributed by atoms with E-state index in [1.165, 1.54) is 0 Å². The van der Waals surface area contributed by atoms with Crippen molar-refractivity contribution in [3.05, 3.63) is 35.4 Å². The first-order valence-corrected chi connectivity index (χ1v) is 3.15. The van der Waals surface area contributed by atoms with E-state index in [9.17, 15) is 0 Å². The Morgan fingerprint density at radius 3 is 2.27 bits per heavy atom. The highest BCUT2D eigenvalue weighted by Crippen LogP contribution is 2.01. The van der Waals surface area contributed by atoms with E-state index >= 15 is 0 Å². The van der Waals surface area contributed by atoms with Crippen molar-refractivity contribution in [1.82, 2.24) is 0 Å². The summed E-state index contributed by atoms with van der Waals surface area (Å²) in [6, 6.07) is 6.99. The number of rotatable bonds is 1. The summed E-state index contributed by atoms with van der Waals surface area (Å²) < 4.78 is 0. The maximum absolute atomic E-state index is 7.09. The molecule has 0 heterocycles. The topological polar surface area (TPSA) is 49.9 Å². The Kier molecular flexibility index (Phi) is 1.93. The molecule has 1 aromatic rings. The van der Waals surface area contributed by atoms with Crippen LogP contribution in [0.25, 0.3) is 0 Å². The predicted molar refractivity (Wildman–Crippen MR) is 45.4 cm³/mol. The maximum atomic E-state index is 7.09. The Morgan fingerprint density at radius 1 is 1.36 bits per heavy atom. The van der Waals surface area contributed by atoms with Crippen LogP contribution in [0.4, 0.5) is 0 Å². The van der Waals surface area contributed by atoms with Crippen molar-refractivity contribution in [1.29, 1.82) is 5.41 Å². The molecule has 0 fully saturated rings. The molecule has 0 aliphatic carbocycles. The van der Waals surface area contributed by atoms with Gasteiger partial charge in [-0.15, -0.1) is 6.42 Å². The summed E-state index contributed by atoms with van der Waals surface area (Å²) in [6.45, 7) is 0. The minimum absolute atomic E-state index is 0.0635. The maximum Gasteiger partial charge on any atom is 0.122 e. The van der Waals surface area contributed by atoms with Crippen LogP contribution in [0, 0.1) is 17.8 Å². The molecule has 0 saturated heterocycles. The van der Waals surface area contributed by atoms with E-state index in [0.717, 1.165) is 5.56 Å². The van der Waals surface area contributed by atoms with Crippen LogP contribution in [0.3, 0.4) is 0 Å². The largest absolute Gasteiger partial charge is 0.384 e. The van der Waals surface area contributed by atoms with Gasteiger partial charge in [0.05, 0.1) is 0 Å². The van der Waals surface area contributed by atoms with Gasteiger partial charge in [-0.05, 0) is 12.1 Å². The summed E-state index contributed by atoms with van der Waals surface area (Å²) in [7, 11) is 0. The molecule has 0 spiro atoms. The third-order valence-corrected chi connectivity index (χ3v) is 1.36. The number of benzene rings is 1. The molecule has 0 unspecified atom stereocenters. The Hall–Kier alpha value is -1.75. The van der Waals surface area contributed by atoms with Crippen LogP contribution in [-0.2, 0) is 0 Å². The predicted octanol–water partition coefficient (Wildman–Crippen LogP) is 0.952. The molecule has 0 aliphatic heterocycles. The molecule has 54 valence electrons. The number of nitrogens with one attached hydrogen (secondary N) is 1. The fraction of sp³-hybridized carbons (Fsp3) is 0. The summed E-state index contributed by atoms with van der Waals surface area (Å²) in [4.78, 5) is 0. The standard InChI is InChI=1S/C9H8N2/c1-2-7-3-5-8(6-4-7)9(10)11/h1,3-6H,(H3,10,11). The molecule has 0 amide bonds. The zero-order chi connectivity index (χ0) is 8.27. The van der Waals surface area contributed by atoms with Crippen LogP contribution in [0.5, 0.6) is 0 Å². The normalized spacial score (nSPS) is 8.64. The fourth-order valence-corrected chi connectivity index (χ4v) is 0.746. The monoisotopic (exact) mass is 144 g/mol. The van der Waals surface area contributed by atoms with E-state index in [-0.39, 0.29) is 5.84 Å². The second kappa shape index (κ2) is 2.89. The lowest BCUT2D eigenvalue weighted by Crippen LogP contribution is -2.10. The van der Waals surface area contributed by atoms with Crippen LogP contribution in [0.2, 0.25) is 0 Å². The van der Waals surface area contributed by atoms with Gasteiger partial charge in [0.2, 0.25) is 0 Å². The summed E-state index contributed by atoms with van der Waals surface area (Å²) in [5, 5.41) is 7.09. The number of nitrogens with two attached hydrogens (primary N) is 1. The van der Waals surface area contributed by atoms with Crippen LogP contribution in [-0.4, -0.2) is 5.84 Å². The van der Waals surface area contributed by atoms with Gasteiger partial charge in [-0.25, -0.2) is 0 Å². The average Bonchev–Trinajstić information content (AvgIpc) is 2.05. The van der Waals surface area contributed by atoms with Crippen molar-refractivity contribution in [2.24, 2.45) is 5.73 Å². The number of terminal acetylenes is 1. The van der Waals surface area contributed by atoms with E-state index in [0.29, 0.717) is 5.56 Å². The molecule has 0 radical (unpaired) electrons. The van der Waals surface area contributed by atoms with Gasteiger partial charge < -0.3 is 5.73 Å². The SMILES string of the molecule is C#Cc1ccc(C(=N)N)cc1. The van der Waals surface area contributed by atoms with Crippen LogP contribution in [0.15, 0.2) is 24.3 Å². The van der Waals surface area contributed by atoms with Gasteiger partial charge in [0.25, 0.3) is 0 Å². The van der Waals surface area contributed by atoms with E-state index in [1.807, 2.05) is 0 Å². The van der Waals surface area contributed by atoms with Crippen molar-refractivity contribution < 1.29 is 0 Å². The molecule has 2 nitrogen and oxygen atoms in total. The lowest BCUT2D eigenvalue weighted by Gasteiger charge is -1.96. The minimum atomic E-state index is 0.0635. The second-order valence-electron chi connectivity index (χ2n) is 2.14. The van der Waals surface area contributed by atoms with Gasteiger partial charge in [0.1, 0.15) is 5.84 Å². The smallest absolute Gasteiger partial charge is 0.122 e. The highest BCUT2D eigenvalue weighted by Gasteiger charge is 1.93. The van der Waals surface area contributed by atoms with Crippen molar-refractivity contribution in [2.45, 2.75) is 0 Å². The average molecular weight is 144 g/mol. The van der Waals surface area contributed by atoms with E-state index in [2.05, 4.69) is 5.92 Å². The molecule has 1 rings (SSSR count). The first kappa shape index (κ1) is 7.36.